The van der Waals surface area contributed by atoms with Crippen LogP contribution in [0.1, 0.15) is 0 Å². The number of para-hydroxylation sites is 8. The zero-order valence-electron chi connectivity index (χ0n) is 71.0. The van der Waals surface area contributed by atoms with Crippen molar-refractivity contribution in [3.8, 4) is 119 Å². The van der Waals surface area contributed by atoms with E-state index < -0.39 is 0 Å². The Labute approximate surface area is 755 Å². The van der Waals surface area contributed by atoms with E-state index in [1.807, 2.05) is 84.9 Å². The Kier molecular flexibility index (Phi) is 19.3. The minimum absolute atomic E-state index is 0.697. The molecule has 26 rings (SSSR count). The van der Waals surface area contributed by atoms with Crippen molar-refractivity contribution in [2.45, 2.75) is 0 Å². The number of rotatable bonds is 13. The third-order valence-corrected chi connectivity index (χ3v) is 25.1. The van der Waals surface area contributed by atoms with E-state index in [4.69, 9.17) is 29.9 Å². The van der Waals surface area contributed by atoms with E-state index in [2.05, 4.69) is 417 Å². The lowest BCUT2D eigenvalue weighted by atomic mass is 9.95. The molecule has 131 heavy (non-hydrogen) atoms. The molecule has 614 valence electrons. The first-order chi connectivity index (χ1) is 65.0. The summed E-state index contributed by atoms with van der Waals surface area (Å²) in [6.07, 6.45) is 0. The summed E-state index contributed by atoms with van der Waals surface area (Å²) in [5.41, 5.74) is 27.4. The van der Waals surface area contributed by atoms with Crippen molar-refractivity contribution >= 4 is 109 Å². The highest BCUT2D eigenvalue weighted by molar-refractivity contribution is 6.23. The van der Waals surface area contributed by atoms with Gasteiger partial charge in [-0.2, -0.15) is 0 Å². The lowest BCUT2D eigenvalue weighted by Gasteiger charge is -2.12. The van der Waals surface area contributed by atoms with Gasteiger partial charge in [0.1, 0.15) is 17.5 Å². The lowest BCUT2D eigenvalue weighted by Crippen LogP contribution is -2.02. The predicted molar refractivity (Wildman–Crippen MR) is 541 cm³/mol. The van der Waals surface area contributed by atoms with Gasteiger partial charge in [0.05, 0.1) is 72.2 Å². The summed E-state index contributed by atoms with van der Waals surface area (Å²) in [5, 5.41) is 12.2. The Morgan fingerprint density at radius 1 is 0.137 bits per heavy atom. The number of hydrogen-bond acceptors (Lipinski definition) is 6. The molecule has 0 fully saturated rings. The van der Waals surface area contributed by atoms with Crippen LogP contribution >= 0.6 is 0 Å². The van der Waals surface area contributed by atoms with Crippen molar-refractivity contribution in [3.63, 3.8) is 0 Å². The molecule has 0 spiro atoms. The molecule has 0 amide bonds. The van der Waals surface area contributed by atoms with Gasteiger partial charge in [-0.05, 0) is 119 Å². The van der Waals surface area contributed by atoms with Crippen molar-refractivity contribution < 1.29 is 0 Å². The van der Waals surface area contributed by atoms with Gasteiger partial charge in [0.2, 0.25) is 0 Å². The fourth-order valence-electron chi connectivity index (χ4n) is 19.2. The molecule has 8 aromatic heterocycles. The van der Waals surface area contributed by atoms with E-state index in [0.29, 0.717) is 11.6 Å². The first kappa shape index (κ1) is 76.8. The number of hydrogen-bond donors (Lipinski definition) is 0. The summed E-state index contributed by atoms with van der Waals surface area (Å²) in [6, 6.07) is 168. The molecule has 0 aliphatic heterocycles. The Hall–Kier alpha value is -17.8. The smallest absolute Gasteiger partial charge is 0.162 e. The van der Waals surface area contributed by atoms with Crippen LogP contribution in [0.3, 0.4) is 0 Å². The van der Waals surface area contributed by atoms with Crippen LogP contribution in [0.25, 0.3) is 228 Å². The van der Waals surface area contributed by atoms with Crippen molar-refractivity contribution in [1.82, 2.24) is 52.7 Å². The van der Waals surface area contributed by atoms with Crippen LogP contribution in [0.2, 0.25) is 0 Å². The number of fused-ring (bicyclic) bond motifs is 15. The molecule has 0 unspecified atom stereocenters. The largest absolute Gasteiger partial charge is 0.309 e. The summed E-state index contributed by atoms with van der Waals surface area (Å²) in [7, 11) is 0. The van der Waals surface area contributed by atoms with Crippen molar-refractivity contribution in [1.29, 1.82) is 0 Å². The summed E-state index contributed by atoms with van der Waals surface area (Å²) in [5.74, 6) is 4.66. The second-order valence-corrected chi connectivity index (χ2v) is 32.8. The zero-order chi connectivity index (χ0) is 86.7. The summed E-state index contributed by atoms with van der Waals surface area (Å²) in [4.78, 5) is 30.5. The van der Waals surface area contributed by atoms with Crippen LogP contribution in [0.4, 0.5) is 0 Å². The maximum Gasteiger partial charge on any atom is 0.162 e. The Morgan fingerprint density at radius 3 is 0.710 bits per heavy atom. The van der Waals surface area contributed by atoms with Gasteiger partial charge in [-0.25, -0.2) is 29.9 Å². The SMILES string of the molecule is c1ccc(-c2cc(-n3c4ccccc4c4c(-c5cccc6c5c5ccccc5n6-c5ccccc5)cccc43)nc(-c3ccccc3)n2)cc1.c1ccc(-c2cc(-n3c4ccccc4c4cc(-c5ccc6c(c5)c5ccccc5n6-c5ccccc5)ccc43)nc(-c3ccccc3)n2)cc1.c1ccc(-c2cc(-n3c4ccccc4c4ccccc43)nc(-c3ccccc3)n2)cc1. The minimum Gasteiger partial charge on any atom is -0.309 e. The highest BCUT2D eigenvalue weighted by Crippen LogP contribution is 2.46. The van der Waals surface area contributed by atoms with Gasteiger partial charge in [0.25, 0.3) is 0 Å². The van der Waals surface area contributed by atoms with E-state index in [0.717, 1.165) is 118 Å². The second-order valence-electron chi connectivity index (χ2n) is 32.8. The van der Waals surface area contributed by atoms with Crippen LogP contribution in [-0.2, 0) is 0 Å². The van der Waals surface area contributed by atoms with Gasteiger partial charge < -0.3 is 9.13 Å². The summed E-state index contributed by atoms with van der Waals surface area (Å²) in [6.45, 7) is 0. The highest BCUT2D eigenvalue weighted by atomic mass is 15.1. The molecule has 0 bridgehead atoms. The van der Waals surface area contributed by atoms with E-state index in [1.54, 1.807) is 0 Å². The third kappa shape index (κ3) is 13.8. The van der Waals surface area contributed by atoms with Gasteiger partial charge >= 0.3 is 0 Å². The van der Waals surface area contributed by atoms with Crippen LogP contribution in [0, 0.1) is 0 Å². The van der Waals surface area contributed by atoms with E-state index in [9.17, 15) is 0 Å². The van der Waals surface area contributed by atoms with Crippen LogP contribution < -0.4 is 0 Å². The molecule has 8 heterocycles. The Bertz CT molecular complexity index is 8580. The van der Waals surface area contributed by atoms with Crippen LogP contribution in [0.15, 0.2) is 479 Å². The molecule has 0 saturated heterocycles. The number of benzene rings is 18. The highest BCUT2D eigenvalue weighted by Gasteiger charge is 2.25. The molecular formula is C120H79N11. The van der Waals surface area contributed by atoms with Crippen LogP contribution in [-0.4, -0.2) is 52.7 Å². The van der Waals surface area contributed by atoms with E-state index >= 15 is 0 Å². The van der Waals surface area contributed by atoms with Gasteiger partial charge in [-0.15, -0.1) is 0 Å². The maximum absolute atomic E-state index is 5.25. The molecule has 0 aliphatic carbocycles. The molecule has 0 saturated carbocycles. The van der Waals surface area contributed by atoms with Gasteiger partial charge in [0, 0.05) is 117 Å². The minimum atomic E-state index is 0.697. The number of nitrogens with zero attached hydrogens (tertiary/aromatic N) is 11. The second kappa shape index (κ2) is 32.9. The predicted octanol–water partition coefficient (Wildman–Crippen LogP) is 30.3. The summed E-state index contributed by atoms with van der Waals surface area (Å²) < 4.78 is 11.6. The standard InChI is InChI=1S/2C46H30N4.C28H19N3/c1-4-16-31(17-5-1)38-30-43(48-46(47-38)32-18-6-2-7-19-32)50-40-27-13-11-23-37(40)45-35(25-15-29-42(45)50)34-24-14-28-41-44(34)36-22-10-12-26-39(36)49(41)33-20-8-3-9-21-33;1-4-14-31(15-5-1)40-30-45(48-46(47-40)32-16-6-2-7-17-32)50-42-23-13-11-21-37(42)39-29-34(25-27-44(39)50)33-24-26-43-38(28-33)36-20-10-12-22-41(36)49(43)35-18-8-3-9-19-35;1-3-11-20(12-4-1)24-19-27(30-28(29-24)21-13-5-2-6-14-21)31-25-17-9-7-15-22(25)23-16-8-10-18-26(23)31/h2*1-30H;1-19H. The maximum atomic E-state index is 5.25. The first-order valence-corrected chi connectivity index (χ1v) is 44.2. The average Bonchev–Trinajstić information content (AvgIpc) is 1.55. The zero-order valence-corrected chi connectivity index (χ0v) is 71.0. The Morgan fingerprint density at radius 2 is 0.366 bits per heavy atom. The number of aromatic nitrogens is 11. The lowest BCUT2D eigenvalue weighted by molar-refractivity contribution is 1.05. The summed E-state index contributed by atoms with van der Waals surface area (Å²) >= 11 is 0. The topological polar surface area (TPSA) is 102 Å². The van der Waals surface area contributed by atoms with E-state index in [-0.39, 0.29) is 0 Å². The molecular weight excluding hydrogens is 1600 g/mol. The quantitative estimate of drug-likeness (QED) is 0.114. The fourth-order valence-corrected chi connectivity index (χ4v) is 19.2. The van der Waals surface area contributed by atoms with Crippen molar-refractivity contribution in [3.05, 3.63) is 479 Å². The molecule has 26 aromatic rings. The first-order valence-electron chi connectivity index (χ1n) is 44.2. The van der Waals surface area contributed by atoms with Gasteiger partial charge in [0.15, 0.2) is 17.5 Å². The molecule has 0 aliphatic rings. The molecule has 0 radical (unpaired) electrons. The van der Waals surface area contributed by atoms with Crippen molar-refractivity contribution in [2.24, 2.45) is 0 Å². The van der Waals surface area contributed by atoms with Gasteiger partial charge in [-0.1, -0.05) is 364 Å². The van der Waals surface area contributed by atoms with Gasteiger partial charge in [-0.3, -0.25) is 13.7 Å². The average molecular weight is 1680 g/mol. The Balaban J connectivity index is 0.000000112. The monoisotopic (exact) mass is 1670 g/mol. The molecule has 0 atom stereocenters. The fraction of sp³-hybridized carbons (Fsp3) is 0. The molecule has 11 heteroatoms. The normalized spacial score (nSPS) is 11.5. The van der Waals surface area contributed by atoms with Crippen LogP contribution in [0.5, 0.6) is 0 Å². The molecule has 11 nitrogen and oxygen atoms in total. The molecule has 18 aromatic carbocycles. The van der Waals surface area contributed by atoms with Crippen molar-refractivity contribution in [2.75, 3.05) is 0 Å². The molecule has 0 N–H and O–H groups in total. The van der Waals surface area contributed by atoms with E-state index in [1.165, 1.54) is 98.2 Å². The third-order valence-electron chi connectivity index (χ3n) is 25.1.